The Bertz CT molecular complexity index is 2250. The highest BCUT2D eigenvalue weighted by Gasteiger charge is 2.23. The predicted molar refractivity (Wildman–Crippen MR) is 190 cm³/mol. The highest BCUT2D eigenvalue weighted by molar-refractivity contribution is 7.92. The molecule has 2 heterocycles. The maximum Gasteiger partial charge on any atom is 0.264 e. The Balaban J connectivity index is 1.27. The molecule has 6 aromatic rings. The molecule has 0 radical (unpaired) electrons. The molecule has 2 aromatic heterocycles. The molecule has 0 aliphatic heterocycles. The van der Waals surface area contributed by atoms with Gasteiger partial charge in [0.25, 0.3) is 15.9 Å². The molecule has 252 valence electrons. The van der Waals surface area contributed by atoms with Crippen LogP contribution < -0.4 is 14.8 Å². The number of sulfonamides is 1. The second kappa shape index (κ2) is 14.0. The average molecular weight is 678 g/mol. The third-order valence-electron chi connectivity index (χ3n) is 8.61. The first-order chi connectivity index (χ1) is 23.6. The molecule has 1 amide bonds. The number of anilines is 1. The Morgan fingerprint density at radius 2 is 1.71 bits per heavy atom. The number of nitrogens with one attached hydrogen (secondary N) is 2. The highest BCUT2D eigenvalue weighted by Crippen LogP contribution is 2.31. The van der Waals surface area contributed by atoms with Gasteiger partial charge < -0.3 is 19.1 Å². The van der Waals surface area contributed by atoms with E-state index in [0.29, 0.717) is 35.5 Å². The van der Waals surface area contributed by atoms with Gasteiger partial charge in [0.2, 0.25) is 5.88 Å². The van der Waals surface area contributed by atoms with Crippen LogP contribution in [0, 0.1) is 20.8 Å². The lowest BCUT2D eigenvalue weighted by atomic mass is 10.0. The number of rotatable bonds is 12. The number of imidazole rings is 1. The van der Waals surface area contributed by atoms with Gasteiger partial charge in [-0.2, -0.15) is 0 Å². The van der Waals surface area contributed by atoms with E-state index in [2.05, 4.69) is 26.7 Å². The summed E-state index contributed by atoms with van der Waals surface area (Å²) in [5, 5.41) is 6.90. The number of aryl methyl sites for hydroxylation is 3. The van der Waals surface area contributed by atoms with Crippen molar-refractivity contribution in [2.45, 2.75) is 58.5 Å². The van der Waals surface area contributed by atoms with E-state index < -0.39 is 10.0 Å². The number of benzene rings is 4. The molecule has 0 spiro atoms. The molecule has 4 aromatic carbocycles. The van der Waals surface area contributed by atoms with Crippen molar-refractivity contribution >= 4 is 32.8 Å². The standard InChI is InChI=1S/C38H39N5O5S/c1-6-10-35-40-36-24(2)19-30(37(44)39-22-28-11-9-12-31(20-28)47-5)21-33(36)43(35)23-27-15-17-29(18-16-27)32-13-7-8-14-34(32)49(45,46)42-38-25(3)26(4)41-48-38/h7-9,11-21,42H,6,10,22-23H2,1-5H3,(H,39,44). The van der Waals surface area contributed by atoms with Gasteiger partial charge in [0.15, 0.2) is 0 Å². The highest BCUT2D eigenvalue weighted by atomic mass is 32.2. The van der Waals surface area contributed by atoms with E-state index in [-0.39, 0.29) is 16.7 Å². The van der Waals surface area contributed by atoms with Crippen LogP contribution in [0.3, 0.4) is 0 Å². The summed E-state index contributed by atoms with van der Waals surface area (Å²) < 4.78 is 42.2. The van der Waals surface area contributed by atoms with Crippen molar-refractivity contribution in [3.63, 3.8) is 0 Å². The van der Waals surface area contributed by atoms with Crippen molar-refractivity contribution in [3.05, 3.63) is 124 Å². The van der Waals surface area contributed by atoms with Crippen molar-refractivity contribution in [2.75, 3.05) is 11.8 Å². The van der Waals surface area contributed by atoms with E-state index in [0.717, 1.165) is 57.7 Å². The Kier molecular flexibility index (Phi) is 9.55. The molecule has 0 aliphatic carbocycles. The number of amides is 1. The van der Waals surface area contributed by atoms with Gasteiger partial charge in [-0.3, -0.25) is 4.79 Å². The summed E-state index contributed by atoms with van der Waals surface area (Å²) in [5.41, 5.74) is 7.78. The molecule has 0 saturated carbocycles. The van der Waals surface area contributed by atoms with Gasteiger partial charge >= 0.3 is 0 Å². The van der Waals surface area contributed by atoms with Crippen molar-refractivity contribution in [1.82, 2.24) is 20.0 Å². The van der Waals surface area contributed by atoms with Crippen LogP contribution in [0.15, 0.2) is 94.3 Å². The third kappa shape index (κ3) is 7.07. The maximum absolute atomic E-state index is 13.5. The first-order valence-electron chi connectivity index (χ1n) is 16.1. The maximum atomic E-state index is 13.5. The first kappa shape index (κ1) is 33.5. The van der Waals surface area contributed by atoms with Crippen molar-refractivity contribution in [1.29, 1.82) is 0 Å². The average Bonchev–Trinajstić information content (AvgIpc) is 3.61. The molecule has 10 nitrogen and oxygen atoms in total. The summed E-state index contributed by atoms with van der Waals surface area (Å²) in [4.78, 5) is 18.5. The van der Waals surface area contributed by atoms with Crippen LogP contribution >= 0.6 is 0 Å². The zero-order valence-electron chi connectivity index (χ0n) is 28.2. The summed E-state index contributed by atoms with van der Waals surface area (Å²) in [6.45, 7) is 8.52. The van der Waals surface area contributed by atoms with E-state index in [1.807, 2.05) is 73.7 Å². The van der Waals surface area contributed by atoms with Gasteiger partial charge in [0.1, 0.15) is 11.6 Å². The minimum absolute atomic E-state index is 0.103. The quantitative estimate of drug-likeness (QED) is 0.139. The van der Waals surface area contributed by atoms with Gasteiger partial charge in [-0.25, -0.2) is 18.1 Å². The number of aromatic nitrogens is 3. The zero-order valence-corrected chi connectivity index (χ0v) is 29.0. The number of ether oxygens (including phenoxy) is 1. The molecule has 0 aliphatic rings. The molecule has 0 fully saturated rings. The normalized spacial score (nSPS) is 11.5. The van der Waals surface area contributed by atoms with Gasteiger partial charge in [0.05, 0.1) is 28.7 Å². The minimum atomic E-state index is -3.96. The predicted octanol–water partition coefficient (Wildman–Crippen LogP) is 7.36. The van der Waals surface area contributed by atoms with E-state index >= 15 is 0 Å². The lowest BCUT2D eigenvalue weighted by Crippen LogP contribution is -2.23. The lowest BCUT2D eigenvalue weighted by Gasteiger charge is -2.13. The Morgan fingerprint density at radius 3 is 2.43 bits per heavy atom. The number of hydrogen-bond acceptors (Lipinski definition) is 7. The topological polar surface area (TPSA) is 128 Å². The number of hydrogen-bond donors (Lipinski definition) is 2. The molecule has 0 bridgehead atoms. The number of methoxy groups -OCH3 is 1. The van der Waals surface area contributed by atoms with E-state index in [1.54, 1.807) is 39.2 Å². The summed E-state index contributed by atoms with van der Waals surface area (Å²) in [5.74, 6) is 1.62. The van der Waals surface area contributed by atoms with Gasteiger partial charge in [-0.05, 0) is 79.8 Å². The molecular formula is C38H39N5O5S. The van der Waals surface area contributed by atoms with E-state index in [9.17, 15) is 13.2 Å². The fraction of sp³-hybridized carbons (Fsp3) is 0.237. The Morgan fingerprint density at radius 1 is 0.939 bits per heavy atom. The van der Waals surface area contributed by atoms with Gasteiger partial charge in [-0.1, -0.05) is 66.7 Å². The lowest BCUT2D eigenvalue weighted by molar-refractivity contribution is 0.0951. The van der Waals surface area contributed by atoms with Crippen molar-refractivity contribution in [3.8, 4) is 16.9 Å². The van der Waals surface area contributed by atoms with Crippen molar-refractivity contribution in [2.24, 2.45) is 0 Å². The van der Waals surface area contributed by atoms with Crippen LogP contribution in [0.2, 0.25) is 0 Å². The second-order valence-corrected chi connectivity index (χ2v) is 13.7. The first-order valence-corrected chi connectivity index (χ1v) is 17.6. The Hall–Kier alpha value is -5.42. The summed E-state index contributed by atoms with van der Waals surface area (Å²) >= 11 is 0. The molecule has 0 saturated heterocycles. The molecule has 11 heteroatoms. The van der Waals surface area contributed by atoms with E-state index in [1.165, 1.54) is 0 Å². The van der Waals surface area contributed by atoms with Gasteiger partial charge in [0, 0.05) is 36.2 Å². The van der Waals surface area contributed by atoms with Crippen LogP contribution in [-0.2, 0) is 29.5 Å². The fourth-order valence-corrected chi connectivity index (χ4v) is 7.11. The number of carbonyl (C=O) groups excluding carboxylic acids is 1. The largest absolute Gasteiger partial charge is 0.497 e. The molecule has 49 heavy (non-hydrogen) atoms. The molecular weight excluding hydrogens is 639 g/mol. The van der Waals surface area contributed by atoms with Crippen LogP contribution in [0.25, 0.3) is 22.2 Å². The number of carbonyl (C=O) groups is 1. The van der Waals surface area contributed by atoms with Crippen LogP contribution in [0.4, 0.5) is 5.88 Å². The summed E-state index contributed by atoms with van der Waals surface area (Å²) in [7, 11) is -2.34. The molecule has 2 N–H and O–H groups in total. The smallest absolute Gasteiger partial charge is 0.264 e. The minimum Gasteiger partial charge on any atom is -0.497 e. The monoisotopic (exact) mass is 677 g/mol. The zero-order chi connectivity index (χ0) is 34.7. The van der Waals surface area contributed by atoms with E-state index in [4.69, 9.17) is 14.2 Å². The number of nitrogens with zero attached hydrogens (tertiary/aromatic N) is 3. The SMILES string of the molecule is CCCc1nc2c(C)cc(C(=O)NCc3cccc(OC)c3)cc2n1Cc1ccc(-c2ccccc2S(=O)(=O)Nc2onc(C)c2C)cc1. The van der Waals surface area contributed by atoms with Crippen LogP contribution in [0.1, 0.15) is 57.5 Å². The van der Waals surface area contributed by atoms with Crippen LogP contribution in [0.5, 0.6) is 5.75 Å². The van der Waals surface area contributed by atoms with Crippen molar-refractivity contribution < 1.29 is 22.5 Å². The Labute approximate surface area is 286 Å². The summed E-state index contributed by atoms with van der Waals surface area (Å²) in [6.07, 6.45) is 1.70. The second-order valence-electron chi connectivity index (χ2n) is 12.1. The fourth-order valence-electron chi connectivity index (χ4n) is 5.83. The molecule has 0 unspecified atom stereocenters. The summed E-state index contributed by atoms with van der Waals surface area (Å²) in [6, 6.07) is 26.1. The van der Waals surface area contributed by atoms with Crippen LogP contribution in [-0.4, -0.2) is 36.1 Å². The third-order valence-corrected chi connectivity index (χ3v) is 10.0. The number of fused-ring (bicyclic) bond motifs is 1. The molecule has 6 rings (SSSR count). The van der Waals surface area contributed by atoms with Gasteiger partial charge in [-0.15, -0.1) is 0 Å². The molecule has 0 atom stereocenters.